The average molecular weight is 791 g/mol. The van der Waals surface area contributed by atoms with Gasteiger partial charge < -0.3 is 0 Å². The molecular weight excluding hydrogens is 749 g/mol. The number of imidazole rings is 1. The number of aromatic nitrogens is 2. The number of aryl methyl sites for hydroxylation is 1. The molecule has 0 fully saturated rings. The van der Waals surface area contributed by atoms with Crippen LogP contribution in [0.15, 0.2) is 212 Å². The number of hydrogen-bond donors (Lipinski definition) is 0. The molecule has 1 aromatic heterocycles. The molecular formula is C60H42N2. The summed E-state index contributed by atoms with van der Waals surface area (Å²) >= 11 is 0. The van der Waals surface area contributed by atoms with Crippen LogP contribution in [0.3, 0.4) is 0 Å². The first-order valence-corrected chi connectivity index (χ1v) is 21.7. The summed E-state index contributed by atoms with van der Waals surface area (Å²) < 4.78 is 2.35. The molecule has 11 aromatic rings. The van der Waals surface area contributed by atoms with E-state index in [0.717, 1.165) is 35.3 Å². The lowest BCUT2D eigenvalue weighted by atomic mass is 9.84. The number of nitrogens with zero attached hydrogens (tertiary/aromatic N) is 2. The summed E-state index contributed by atoms with van der Waals surface area (Å²) in [5, 5.41) is 10.1. The van der Waals surface area contributed by atoms with E-state index in [4.69, 9.17) is 4.98 Å². The molecule has 0 radical (unpaired) electrons. The van der Waals surface area contributed by atoms with Gasteiger partial charge >= 0.3 is 0 Å². The van der Waals surface area contributed by atoms with Gasteiger partial charge in [0.15, 0.2) is 0 Å². The van der Waals surface area contributed by atoms with Gasteiger partial charge in [-0.3, -0.25) is 4.57 Å². The molecule has 1 aliphatic carbocycles. The molecule has 1 aliphatic rings. The summed E-state index contributed by atoms with van der Waals surface area (Å²) in [4.78, 5) is 5.18. The number of allylic oxidation sites excluding steroid dienone is 4. The van der Waals surface area contributed by atoms with Crippen molar-refractivity contribution in [3.05, 3.63) is 218 Å². The maximum Gasteiger partial charge on any atom is 0.145 e. The van der Waals surface area contributed by atoms with Crippen LogP contribution in [0.25, 0.3) is 116 Å². The van der Waals surface area contributed by atoms with Crippen molar-refractivity contribution in [1.82, 2.24) is 9.55 Å². The molecule has 0 N–H and O–H groups in total. The number of hydrogen-bond acceptors (Lipinski definition) is 1. The minimum absolute atomic E-state index is 0.982. The summed E-state index contributed by atoms with van der Waals surface area (Å²) in [6.45, 7) is 2.15. The first kappa shape index (κ1) is 36.1. The smallest absolute Gasteiger partial charge is 0.145 e. The molecule has 1 heterocycles. The van der Waals surface area contributed by atoms with E-state index in [9.17, 15) is 0 Å². The van der Waals surface area contributed by atoms with Crippen molar-refractivity contribution in [2.45, 2.75) is 19.8 Å². The molecule has 2 nitrogen and oxygen atoms in total. The largest absolute Gasteiger partial charge is 0.296 e. The Morgan fingerprint density at radius 3 is 1.13 bits per heavy atom. The molecule has 10 aromatic carbocycles. The van der Waals surface area contributed by atoms with E-state index >= 15 is 0 Å². The highest BCUT2D eigenvalue weighted by Crippen LogP contribution is 2.47. The summed E-state index contributed by atoms with van der Waals surface area (Å²) in [6.07, 6.45) is 8.67. The average Bonchev–Trinajstić information content (AvgIpc) is 3.73. The molecule has 0 unspecified atom stereocenters. The van der Waals surface area contributed by atoms with E-state index in [2.05, 4.69) is 224 Å². The number of para-hydroxylation sites is 2. The molecule has 62 heavy (non-hydrogen) atoms. The van der Waals surface area contributed by atoms with Crippen LogP contribution in [0.1, 0.15) is 18.4 Å². The van der Waals surface area contributed by atoms with Crippen LogP contribution in [0.5, 0.6) is 0 Å². The summed E-state index contributed by atoms with van der Waals surface area (Å²) in [5.74, 6) is 0.982. The second kappa shape index (κ2) is 14.7. The van der Waals surface area contributed by atoms with Gasteiger partial charge in [-0.05, 0) is 126 Å². The highest BCUT2D eigenvalue weighted by Gasteiger charge is 2.21. The van der Waals surface area contributed by atoms with Gasteiger partial charge in [0.05, 0.1) is 11.0 Å². The van der Waals surface area contributed by atoms with Crippen molar-refractivity contribution in [2.75, 3.05) is 0 Å². The Morgan fingerprint density at radius 1 is 0.387 bits per heavy atom. The van der Waals surface area contributed by atoms with E-state index in [1.165, 1.54) is 98.9 Å². The van der Waals surface area contributed by atoms with Gasteiger partial charge in [0.1, 0.15) is 5.82 Å². The molecule has 0 atom stereocenters. The Labute approximate surface area is 361 Å². The van der Waals surface area contributed by atoms with Crippen molar-refractivity contribution in [1.29, 1.82) is 0 Å². The maximum absolute atomic E-state index is 5.18. The van der Waals surface area contributed by atoms with Gasteiger partial charge in [0, 0.05) is 11.3 Å². The first-order chi connectivity index (χ1) is 30.7. The lowest BCUT2D eigenvalue weighted by molar-refractivity contribution is 0.960. The van der Waals surface area contributed by atoms with Crippen LogP contribution >= 0.6 is 0 Å². The van der Waals surface area contributed by atoms with Crippen LogP contribution in [0.4, 0.5) is 0 Å². The van der Waals surface area contributed by atoms with Gasteiger partial charge in [0.2, 0.25) is 0 Å². The molecule has 292 valence electrons. The van der Waals surface area contributed by atoms with Crippen LogP contribution in [0, 0.1) is 6.92 Å². The van der Waals surface area contributed by atoms with Crippen LogP contribution in [0.2, 0.25) is 0 Å². The number of benzene rings is 10. The molecule has 2 heteroatoms. The number of fused-ring (bicyclic) bond motifs is 5. The SMILES string of the molecule is Cc1ccc(-c2c3ccccc3c(-c3ccc(-c4c5ccccc5c(-c5ccc(-c6nc7ccccc7n6C6=CC=CCC6)cc5)c5ccccc45)cc3)c3ccccc23)cc1. The van der Waals surface area contributed by atoms with Crippen LogP contribution in [-0.4, -0.2) is 9.55 Å². The fourth-order valence-corrected chi connectivity index (χ4v) is 10.1. The highest BCUT2D eigenvalue weighted by atomic mass is 15.1. The summed E-state index contributed by atoms with van der Waals surface area (Å²) in [6, 6.07) is 71.5. The summed E-state index contributed by atoms with van der Waals surface area (Å²) in [5.41, 5.74) is 15.7. The van der Waals surface area contributed by atoms with Gasteiger partial charge in [-0.15, -0.1) is 0 Å². The predicted molar refractivity (Wildman–Crippen MR) is 264 cm³/mol. The van der Waals surface area contributed by atoms with E-state index in [1.54, 1.807) is 0 Å². The zero-order valence-corrected chi connectivity index (χ0v) is 34.5. The minimum Gasteiger partial charge on any atom is -0.296 e. The van der Waals surface area contributed by atoms with Crippen molar-refractivity contribution in [2.24, 2.45) is 0 Å². The van der Waals surface area contributed by atoms with E-state index in [1.807, 2.05) is 0 Å². The maximum atomic E-state index is 5.18. The third-order valence-corrected chi connectivity index (χ3v) is 12.9. The van der Waals surface area contributed by atoms with Crippen LogP contribution < -0.4 is 0 Å². The van der Waals surface area contributed by atoms with Gasteiger partial charge in [-0.1, -0.05) is 200 Å². The Kier molecular flexibility index (Phi) is 8.57. The van der Waals surface area contributed by atoms with Crippen molar-refractivity contribution in [3.8, 4) is 55.9 Å². The van der Waals surface area contributed by atoms with Gasteiger partial charge in [-0.25, -0.2) is 4.98 Å². The lowest BCUT2D eigenvalue weighted by Gasteiger charge is -2.19. The van der Waals surface area contributed by atoms with Crippen molar-refractivity contribution >= 4 is 59.8 Å². The monoisotopic (exact) mass is 790 g/mol. The third-order valence-electron chi connectivity index (χ3n) is 12.9. The summed E-state index contributed by atoms with van der Waals surface area (Å²) in [7, 11) is 0. The first-order valence-electron chi connectivity index (χ1n) is 21.7. The molecule has 0 bridgehead atoms. The third kappa shape index (κ3) is 5.83. The van der Waals surface area contributed by atoms with Crippen molar-refractivity contribution in [3.63, 3.8) is 0 Å². The topological polar surface area (TPSA) is 17.8 Å². The molecule has 12 rings (SSSR count). The molecule has 0 amide bonds. The van der Waals surface area contributed by atoms with Gasteiger partial charge in [0.25, 0.3) is 0 Å². The Morgan fingerprint density at radius 2 is 0.742 bits per heavy atom. The quantitative estimate of drug-likeness (QED) is 0.153. The van der Waals surface area contributed by atoms with E-state index in [0.29, 0.717) is 0 Å². The standard InChI is InChI=1S/C60H42N2/c1-39-27-29-40(30-28-39)56-46-17-5-7-19-48(46)57(49-20-8-6-18-47(49)56)41-31-33-42(34-32-41)58-50-21-9-11-23-52(50)59(53-24-12-10-22-51(53)58)43-35-37-44(38-36-43)60-61-54-25-13-14-26-55(54)62(60)45-15-3-2-4-16-45/h2-3,5-15,17-38H,4,16H2,1H3. The molecule has 0 saturated carbocycles. The van der Waals surface area contributed by atoms with Crippen molar-refractivity contribution < 1.29 is 0 Å². The zero-order valence-electron chi connectivity index (χ0n) is 34.5. The van der Waals surface area contributed by atoms with E-state index in [-0.39, 0.29) is 0 Å². The zero-order chi connectivity index (χ0) is 41.1. The Hall–Kier alpha value is -7.81. The molecule has 0 spiro atoms. The fourth-order valence-electron chi connectivity index (χ4n) is 10.1. The number of rotatable bonds is 6. The Balaban J connectivity index is 0.991. The normalized spacial score (nSPS) is 12.8. The fraction of sp³-hybridized carbons (Fsp3) is 0.0500. The van der Waals surface area contributed by atoms with Gasteiger partial charge in [-0.2, -0.15) is 0 Å². The predicted octanol–water partition coefficient (Wildman–Crippen LogP) is 16.5. The van der Waals surface area contributed by atoms with Crippen LogP contribution in [-0.2, 0) is 0 Å². The second-order valence-electron chi connectivity index (χ2n) is 16.6. The van der Waals surface area contributed by atoms with E-state index < -0.39 is 0 Å². The highest BCUT2D eigenvalue weighted by molar-refractivity contribution is 6.23. The molecule has 0 saturated heterocycles. The minimum atomic E-state index is 0.982. The Bertz CT molecular complexity index is 3490. The lowest BCUT2D eigenvalue weighted by Crippen LogP contribution is -2.01. The second-order valence-corrected chi connectivity index (χ2v) is 16.6. The molecule has 0 aliphatic heterocycles.